The summed E-state index contributed by atoms with van der Waals surface area (Å²) in [7, 11) is 0. The fourth-order valence-corrected chi connectivity index (χ4v) is 3.89. The number of carbonyl (C=O) groups excluding carboxylic acids is 2. The summed E-state index contributed by atoms with van der Waals surface area (Å²) in [5, 5.41) is 10.4. The lowest BCUT2D eigenvalue weighted by Crippen LogP contribution is -2.45. The van der Waals surface area contributed by atoms with E-state index in [9.17, 15) is 9.59 Å². The second kappa shape index (κ2) is 9.82. The van der Waals surface area contributed by atoms with Crippen molar-refractivity contribution in [3.63, 3.8) is 0 Å². The minimum atomic E-state index is -0.737. The van der Waals surface area contributed by atoms with Crippen LogP contribution in [0.15, 0.2) is 72.1 Å². The van der Waals surface area contributed by atoms with Gasteiger partial charge in [0.05, 0.1) is 35.7 Å². The fourth-order valence-electron chi connectivity index (χ4n) is 3.89. The van der Waals surface area contributed by atoms with E-state index in [1.165, 1.54) is 0 Å². The minimum Gasteiger partial charge on any atom is -0.494 e. The molecule has 8 nitrogen and oxygen atoms in total. The summed E-state index contributed by atoms with van der Waals surface area (Å²) in [6.07, 6.45) is 1.54. The molecule has 0 aliphatic carbocycles. The van der Waals surface area contributed by atoms with Gasteiger partial charge in [0.25, 0.3) is 0 Å². The Kier molecular flexibility index (Phi) is 6.67. The van der Waals surface area contributed by atoms with Crippen molar-refractivity contribution < 1.29 is 19.1 Å². The van der Waals surface area contributed by atoms with Crippen LogP contribution in [0.25, 0.3) is 16.9 Å². The number of nitrogens with one attached hydrogen (secondary N) is 2. The first-order valence-corrected chi connectivity index (χ1v) is 11.2. The van der Waals surface area contributed by atoms with Gasteiger partial charge in [-0.05, 0) is 64.1 Å². The summed E-state index contributed by atoms with van der Waals surface area (Å²) in [6.45, 7) is 7.77. The molecule has 1 aromatic heterocycles. The molecule has 1 aliphatic rings. The number of aromatic nitrogens is 2. The van der Waals surface area contributed by atoms with E-state index in [2.05, 4.69) is 10.6 Å². The molecular weight excluding hydrogens is 432 g/mol. The lowest BCUT2D eigenvalue weighted by Gasteiger charge is -2.28. The standard InChI is InChI=1S/C26H28N4O4/c1-5-33-20-13-11-18(12-14-20)23-21(15-30(29-23)19-9-7-6-8-10-19)24-22(25(31)34-16(2)3)17(4)27-26(32)28-24/h6-16,24H,5H2,1-4H3,(H2,27,28,32). The average Bonchev–Trinajstić information content (AvgIpc) is 3.25. The average molecular weight is 461 g/mol. The topological polar surface area (TPSA) is 94.5 Å². The molecule has 0 radical (unpaired) electrons. The summed E-state index contributed by atoms with van der Waals surface area (Å²) in [6, 6.07) is 16.1. The third-order valence-corrected chi connectivity index (χ3v) is 5.34. The van der Waals surface area contributed by atoms with Crippen LogP contribution in [0, 0.1) is 0 Å². The van der Waals surface area contributed by atoms with Crippen molar-refractivity contribution in [1.29, 1.82) is 0 Å². The Morgan fingerprint density at radius 2 is 1.82 bits per heavy atom. The molecule has 176 valence electrons. The van der Waals surface area contributed by atoms with E-state index in [1.54, 1.807) is 25.5 Å². The minimum absolute atomic E-state index is 0.302. The van der Waals surface area contributed by atoms with E-state index in [0.29, 0.717) is 29.1 Å². The van der Waals surface area contributed by atoms with Crippen LogP contribution in [0.5, 0.6) is 5.75 Å². The largest absolute Gasteiger partial charge is 0.494 e. The molecule has 0 spiro atoms. The zero-order valence-corrected chi connectivity index (χ0v) is 19.7. The van der Waals surface area contributed by atoms with Crippen LogP contribution in [0.3, 0.4) is 0 Å². The van der Waals surface area contributed by atoms with Crippen molar-refractivity contribution in [1.82, 2.24) is 20.4 Å². The lowest BCUT2D eigenvalue weighted by molar-refractivity contribution is -0.143. The summed E-state index contributed by atoms with van der Waals surface area (Å²) in [5.41, 5.74) is 3.79. The van der Waals surface area contributed by atoms with Gasteiger partial charge in [0.2, 0.25) is 0 Å². The normalized spacial score (nSPS) is 15.7. The van der Waals surface area contributed by atoms with Gasteiger partial charge in [0, 0.05) is 23.0 Å². The highest BCUT2D eigenvalue weighted by atomic mass is 16.5. The Morgan fingerprint density at radius 1 is 1.12 bits per heavy atom. The Labute approximate surface area is 198 Å². The molecule has 8 heteroatoms. The van der Waals surface area contributed by atoms with Gasteiger partial charge >= 0.3 is 12.0 Å². The van der Waals surface area contributed by atoms with Gasteiger partial charge in [0.1, 0.15) is 5.75 Å². The molecule has 2 N–H and O–H groups in total. The van der Waals surface area contributed by atoms with Crippen molar-refractivity contribution in [3.8, 4) is 22.7 Å². The third-order valence-electron chi connectivity index (χ3n) is 5.34. The number of para-hydroxylation sites is 1. The number of hydrogen-bond donors (Lipinski definition) is 2. The molecule has 2 amide bonds. The van der Waals surface area contributed by atoms with Crippen LogP contribution >= 0.6 is 0 Å². The molecule has 1 unspecified atom stereocenters. The van der Waals surface area contributed by atoms with E-state index in [1.807, 2.05) is 67.7 Å². The van der Waals surface area contributed by atoms with E-state index in [-0.39, 0.29) is 6.10 Å². The molecule has 34 heavy (non-hydrogen) atoms. The second-order valence-corrected chi connectivity index (χ2v) is 8.19. The second-order valence-electron chi connectivity index (χ2n) is 8.19. The number of rotatable bonds is 7. The van der Waals surface area contributed by atoms with Gasteiger partial charge in [-0.25, -0.2) is 14.3 Å². The number of nitrogens with zero attached hydrogens (tertiary/aromatic N) is 2. The Morgan fingerprint density at radius 3 is 2.47 bits per heavy atom. The van der Waals surface area contributed by atoms with Crippen molar-refractivity contribution in [2.75, 3.05) is 6.61 Å². The maximum absolute atomic E-state index is 13.0. The predicted molar refractivity (Wildman–Crippen MR) is 129 cm³/mol. The fraction of sp³-hybridized carbons (Fsp3) is 0.269. The number of urea groups is 1. The van der Waals surface area contributed by atoms with Gasteiger partial charge < -0.3 is 20.1 Å². The van der Waals surface area contributed by atoms with Crippen LogP contribution in [0.4, 0.5) is 4.79 Å². The summed E-state index contributed by atoms with van der Waals surface area (Å²) in [4.78, 5) is 25.5. The summed E-state index contributed by atoms with van der Waals surface area (Å²) < 4.78 is 12.8. The SMILES string of the molecule is CCOc1ccc(-c2nn(-c3ccccc3)cc2C2NC(=O)NC(C)=C2C(=O)OC(C)C)cc1. The monoisotopic (exact) mass is 460 g/mol. The van der Waals surface area contributed by atoms with E-state index < -0.39 is 18.0 Å². The molecule has 0 saturated carbocycles. The molecule has 2 aromatic carbocycles. The zero-order valence-electron chi connectivity index (χ0n) is 19.7. The molecule has 0 saturated heterocycles. The van der Waals surface area contributed by atoms with Crippen LogP contribution in [0.1, 0.15) is 39.3 Å². The highest BCUT2D eigenvalue weighted by Crippen LogP contribution is 2.35. The predicted octanol–water partition coefficient (Wildman–Crippen LogP) is 4.52. The lowest BCUT2D eigenvalue weighted by atomic mass is 9.93. The van der Waals surface area contributed by atoms with Gasteiger partial charge in [0.15, 0.2) is 0 Å². The maximum atomic E-state index is 13.0. The first kappa shape index (κ1) is 23.1. The quantitative estimate of drug-likeness (QED) is 0.506. The van der Waals surface area contributed by atoms with Crippen LogP contribution in [0.2, 0.25) is 0 Å². The van der Waals surface area contributed by atoms with Crippen LogP contribution in [-0.4, -0.2) is 34.5 Å². The summed E-state index contributed by atoms with van der Waals surface area (Å²) in [5.74, 6) is 0.262. The molecule has 3 aromatic rings. The molecule has 1 aliphatic heterocycles. The molecule has 4 rings (SSSR count). The number of amides is 2. The molecule has 2 heterocycles. The molecular formula is C26H28N4O4. The summed E-state index contributed by atoms with van der Waals surface area (Å²) >= 11 is 0. The first-order valence-electron chi connectivity index (χ1n) is 11.2. The number of benzene rings is 2. The maximum Gasteiger partial charge on any atom is 0.338 e. The number of ether oxygens (including phenoxy) is 2. The van der Waals surface area contributed by atoms with Gasteiger partial charge in [-0.2, -0.15) is 5.10 Å². The Balaban J connectivity index is 1.86. The molecule has 0 bridgehead atoms. The Bertz CT molecular complexity index is 1210. The van der Waals surface area contributed by atoms with Crippen LogP contribution in [-0.2, 0) is 9.53 Å². The van der Waals surface area contributed by atoms with E-state index in [4.69, 9.17) is 14.6 Å². The van der Waals surface area contributed by atoms with E-state index in [0.717, 1.165) is 17.0 Å². The number of carbonyl (C=O) groups is 2. The first-order chi connectivity index (χ1) is 16.4. The van der Waals surface area contributed by atoms with Crippen molar-refractivity contribution in [2.45, 2.75) is 39.8 Å². The van der Waals surface area contributed by atoms with E-state index >= 15 is 0 Å². The number of esters is 1. The van der Waals surface area contributed by atoms with Gasteiger partial charge in [-0.15, -0.1) is 0 Å². The third kappa shape index (κ3) is 4.80. The van der Waals surface area contributed by atoms with Gasteiger partial charge in [-0.1, -0.05) is 18.2 Å². The number of hydrogen-bond acceptors (Lipinski definition) is 5. The highest BCUT2D eigenvalue weighted by Gasteiger charge is 2.35. The number of allylic oxidation sites excluding steroid dienone is 1. The highest BCUT2D eigenvalue weighted by molar-refractivity contribution is 5.95. The van der Waals surface area contributed by atoms with Crippen molar-refractivity contribution in [2.24, 2.45) is 0 Å². The molecule has 1 atom stereocenters. The van der Waals surface area contributed by atoms with Crippen LogP contribution < -0.4 is 15.4 Å². The Hall–Kier alpha value is -4.07. The molecule has 0 fully saturated rings. The van der Waals surface area contributed by atoms with Gasteiger partial charge in [-0.3, -0.25) is 0 Å². The zero-order chi connectivity index (χ0) is 24.2. The van der Waals surface area contributed by atoms with Crippen molar-refractivity contribution >= 4 is 12.0 Å². The smallest absolute Gasteiger partial charge is 0.338 e. The van der Waals surface area contributed by atoms with Crippen molar-refractivity contribution in [3.05, 3.63) is 77.6 Å².